The van der Waals surface area contributed by atoms with Gasteiger partial charge in [-0.2, -0.15) is 5.10 Å². The highest BCUT2D eigenvalue weighted by Crippen LogP contribution is 2.37. The van der Waals surface area contributed by atoms with Gasteiger partial charge in [-0.25, -0.2) is 5.43 Å². The summed E-state index contributed by atoms with van der Waals surface area (Å²) in [5, 5.41) is 5.28. The predicted molar refractivity (Wildman–Crippen MR) is 128 cm³/mol. The molecule has 31 heavy (non-hydrogen) atoms. The highest BCUT2D eigenvalue weighted by Gasteiger charge is 2.13. The summed E-state index contributed by atoms with van der Waals surface area (Å²) in [6.45, 7) is 0.271. The average Bonchev–Trinajstić information content (AvgIpc) is 2.75. The molecule has 0 aliphatic rings. The quantitative estimate of drug-likeness (QED) is 0.265. The van der Waals surface area contributed by atoms with Crippen LogP contribution in [0.1, 0.15) is 21.5 Å². The molecule has 3 rings (SSSR count). The van der Waals surface area contributed by atoms with Crippen molar-refractivity contribution in [3.05, 3.63) is 90.8 Å². The number of nitrogens with one attached hydrogen (secondary N) is 1. The van der Waals surface area contributed by atoms with Crippen LogP contribution in [0.4, 0.5) is 0 Å². The summed E-state index contributed by atoms with van der Waals surface area (Å²) >= 11 is 21.5. The summed E-state index contributed by atoms with van der Waals surface area (Å²) in [4.78, 5) is 12.2. The molecule has 1 amide bonds. The second kappa shape index (κ2) is 10.9. The molecule has 0 radical (unpaired) electrons. The van der Waals surface area contributed by atoms with Crippen LogP contribution >= 0.6 is 50.7 Å². The summed E-state index contributed by atoms with van der Waals surface area (Å²) in [5.41, 5.74) is 4.33. The van der Waals surface area contributed by atoms with Crippen LogP contribution in [0.25, 0.3) is 0 Å². The van der Waals surface area contributed by atoms with Crippen molar-refractivity contribution in [1.29, 1.82) is 0 Å². The maximum absolute atomic E-state index is 12.2. The number of benzene rings is 3. The van der Waals surface area contributed by atoms with E-state index in [0.717, 1.165) is 5.56 Å². The molecule has 0 saturated carbocycles. The molecule has 0 aliphatic carbocycles. The van der Waals surface area contributed by atoms with E-state index < -0.39 is 5.91 Å². The fourth-order valence-corrected chi connectivity index (χ4v) is 3.73. The lowest BCUT2D eigenvalue weighted by Gasteiger charge is -2.14. The zero-order valence-corrected chi connectivity index (χ0v) is 20.0. The molecule has 0 spiro atoms. The number of rotatable bonds is 7. The topological polar surface area (TPSA) is 59.9 Å². The Kier molecular flexibility index (Phi) is 8.21. The summed E-state index contributed by atoms with van der Waals surface area (Å²) in [5.74, 6) is 0.605. The van der Waals surface area contributed by atoms with E-state index >= 15 is 0 Å². The maximum Gasteiger partial charge on any atom is 0.272 e. The minimum atomic E-state index is -0.408. The third-order valence-corrected chi connectivity index (χ3v) is 5.77. The van der Waals surface area contributed by atoms with E-state index in [1.54, 1.807) is 48.5 Å². The van der Waals surface area contributed by atoms with Gasteiger partial charge in [0.25, 0.3) is 5.91 Å². The van der Waals surface area contributed by atoms with Crippen LogP contribution < -0.4 is 14.9 Å². The monoisotopic (exact) mass is 540 g/mol. The zero-order valence-electron chi connectivity index (χ0n) is 16.2. The lowest BCUT2D eigenvalue weighted by Crippen LogP contribution is -2.17. The summed E-state index contributed by atoms with van der Waals surface area (Å²) in [6.07, 6.45) is 1.49. The van der Waals surface area contributed by atoms with Gasteiger partial charge in [0.15, 0.2) is 11.5 Å². The van der Waals surface area contributed by atoms with Gasteiger partial charge in [-0.15, -0.1) is 0 Å². The third-order valence-electron chi connectivity index (χ3n) is 4.12. The Balaban J connectivity index is 1.71. The van der Waals surface area contributed by atoms with Crippen molar-refractivity contribution >= 4 is 62.9 Å². The lowest BCUT2D eigenvalue weighted by atomic mass is 10.2. The number of nitrogens with zero attached hydrogens (tertiary/aromatic N) is 1. The van der Waals surface area contributed by atoms with E-state index in [1.807, 2.05) is 6.07 Å². The van der Waals surface area contributed by atoms with Crippen molar-refractivity contribution in [2.45, 2.75) is 6.61 Å². The Labute approximate surface area is 203 Å². The predicted octanol–water partition coefficient (Wildman–Crippen LogP) is 6.76. The number of amides is 1. The molecule has 0 aliphatic heterocycles. The summed E-state index contributed by atoms with van der Waals surface area (Å²) < 4.78 is 12.0. The largest absolute Gasteiger partial charge is 0.493 e. The first kappa shape index (κ1) is 23.4. The second-order valence-electron chi connectivity index (χ2n) is 6.25. The molecular weight excluding hydrogens is 527 g/mol. The molecule has 5 nitrogen and oxygen atoms in total. The van der Waals surface area contributed by atoms with Gasteiger partial charge in [0.05, 0.1) is 38.4 Å². The number of carbonyl (C=O) groups excluding carboxylic acids is 1. The molecule has 0 heterocycles. The van der Waals surface area contributed by atoms with E-state index in [1.165, 1.54) is 13.3 Å². The van der Waals surface area contributed by atoms with Crippen LogP contribution in [0.5, 0.6) is 11.5 Å². The van der Waals surface area contributed by atoms with Crippen molar-refractivity contribution in [1.82, 2.24) is 5.43 Å². The van der Waals surface area contributed by atoms with Gasteiger partial charge in [0, 0.05) is 0 Å². The molecule has 0 fully saturated rings. The Morgan fingerprint density at radius 2 is 1.84 bits per heavy atom. The second-order valence-corrected chi connectivity index (χ2v) is 8.33. The minimum Gasteiger partial charge on any atom is -0.493 e. The maximum atomic E-state index is 12.2. The molecule has 160 valence electrons. The molecule has 0 atom stereocenters. The fourth-order valence-electron chi connectivity index (χ4n) is 2.61. The third kappa shape index (κ3) is 6.14. The van der Waals surface area contributed by atoms with Gasteiger partial charge in [-0.3, -0.25) is 4.79 Å². The number of methoxy groups -OCH3 is 1. The first-order chi connectivity index (χ1) is 14.9. The minimum absolute atomic E-state index is 0.271. The van der Waals surface area contributed by atoms with Crippen LogP contribution in [-0.4, -0.2) is 19.2 Å². The van der Waals surface area contributed by atoms with E-state index in [9.17, 15) is 4.79 Å². The average molecular weight is 543 g/mol. The van der Waals surface area contributed by atoms with E-state index in [2.05, 4.69) is 26.5 Å². The Bertz CT molecular complexity index is 1140. The van der Waals surface area contributed by atoms with Crippen molar-refractivity contribution in [3.63, 3.8) is 0 Å². The molecule has 0 saturated heterocycles. The number of carbonyl (C=O) groups is 1. The van der Waals surface area contributed by atoms with Crippen LogP contribution in [-0.2, 0) is 6.61 Å². The van der Waals surface area contributed by atoms with Gasteiger partial charge in [0.2, 0.25) is 0 Å². The van der Waals surface area contributed by atoms with Gasteiger partial charge in [-0.1, -0.05) is 53.0 Å². The summed E-state index contributed by atoms with van der Waals surface area (Å²) in [7, 11) is 1.54. The van der Waals surface area contributed by atoms with Gasteiger partial charge in [0.1, 0.15) is 6.61 Å². The highest BCUT2D eigenvalue weighted by molar-refractivity contribution is 9.10. The van der Waals surface area contributed by atoms with Crippen LogP contribution in [0.3, 0.4) is 0 Å². The zero-order chi connectivity index (χ0) is 22.4. The summed E-state index contributed by atoms with van der Waals surface area (Å²) in [6, 6.07) is 15.5. The van der Waals surface area contributed by atoms with Crippen LogP contribution in [0.2, 0.25) is 15.1 Å². The van der Waals surface area contributed by atoms with Crippen molar-refractivity contribution in [2.24, 2.45) is 5.10 Å². The first-order valence-corrected chi connectivity index (χ1v) is 10.8. The van der Waals surface area contributed by atoms with Crippen LogP contribution in [0.15, 0.2) is 64.2 Å². The van der Waals surface area contributed by atoms with E-state index in [0.29, 0.717) is 42.2 Å². The number of ether oxygens (including phenoxy) is 2. The molecule has 0 unspecified atom stereocenters. The molecule has 0 bridgehead atoms. The van der Waals surface area contributed by atoms with Crippen LogP contribution in [0, 0.1) is 0 Å². The smallest absolute Gasteiger partial charge is 0.272 e. The number of hydrogen-bond donors (Lipinski definition) is 1. The molecular formula is C22H16BrCl3N2O3. The Hall–Kier alpha value is -2.25. The van der Waals surface area contributed by atoms with Gasteiger partial charge >= 0.3 is 0 Å². The van der Waals surface area contributed by atoms with Crippen molar-refractivity contribution in [2.75, 3.05) is 7.11 Å². The molecule has 0 aromatic heterocycles. The Morgan fingerprint density at radius 3 is 2.55 bits per heavy atom. The molecule has 3 aromatic carbocycles. The Morgan fingerprint density at radius 1 is 1.06 bits per heavy atom. The first-order valence-electron chi connectivity index (χ1n) is 8.91. The molecule has 1 N–H and O–H groups in total. The van der Waals surface area contributed by atoms with Gasteiger partial charge < -0.3 is 9.47 Å². The number of hydrazone groups is 1. The number of hydrogen-bond acceptors (Lipinski definition) is 4. The standard InChI is InChI=1S/C22H16BrCl3N2O3/c1-30-20-10-14(11-27-28-22(29)15-4-2-3-5-17(15)24)8-16(23)21(20)31-12-13-6-7-18(25)19(26)9-13/h2-11H,12H2,1H3,(H,28,29)/b27-11-. The molecule has 9 heteroatoms. The van der Waals surface area contributed by atoms with Gasteiger partial charge in [-0.05, 0) is 63.5 Å². The van der Waals surface area contributed by atoms with E-state index in [-0.39, 0.29) is 6.61 Å². The number of halogens is 4. The van der Waals surface area contributed by atoms with E-state index in [4.69, 9.17) is 44.3 Å². The highest BCUT2D eigenvalue weighted by atomic mass is 79.9. The molecule has 3 aromatic rings. The van der Waals surface area contributed by atoms with Crippen molar-refractivity contribution < 1.29 is 14.3 Å². The normalized spacial score (nSPS) is 10.9. The van der Waals surface area contributed by atoms with Crippen molar-refractivity contribution in [3.8, 4) is 11.5 Å². The lowest BCUT2D eigenvalue weighted by molar-refractivity contribution is 0.0955. The SMILES string of the molecule is COc1cc(/C=N\NC(=O)c2ccccc2Cl)cc(Br)c1OCc1ccc(Cl)c(Cl)c1. The fraction of sp³-hybridized carbons (Fsp3) is 0.0909.